The molecule has 1 N–H and O–H groups in total. The summed E-state index contributed by atoms with van der Waals surface area (Å²) in [7, 11) is 0. The van der Waals surface area contributed by atoms with Crippen LogP contribution < -0.4 is 5.32 Å². The molecule has 136 valence electrons. The van der Waals surface area contributed by atoms with Gasteiger partial charge in [0.05, 0.1) is 5.92 Å². The van der Waals surface area contributed by atoms with Gasteiger partial charge < -0.3 is 10.2 Å². The molecule has 1 heterocycles. The van der Waals surface area contributed by atoms with Crippen LogP contribution in [0.1, 0.15) is 51.0 Å². The average Bonchev–Trinajstić information content (AvgIpc) is 3.47. The first-order valence-corrected chi connectivity index (χ1v) is 9.79. The Kier molecular flexibility index (Phi) is 6.11. The van der Waals surface area contributed by atoms with Gasteiger partial charge >= 0.3 is 0 Å². The molecule has 1 aromatic rings. The Balaban J connectivity index is 1.56. The molecular formula is C21H30N2O2. The Morgan fingerprint density at radius 1 is 1.20 bits per heavy atom. The lowest BCUT2D eigenvalue weighted by atomic mass is 9.95. The summed E-state index contributed by atoms with van der Waals surface area (Å²) in [4.78, 5) is 26.8. The van der Waals surface area contributed by atoms with Gasteiger partial charge in [0, 0.05) is 25.6 Å². The highest BCUT2D eigenvalue weighted by molar-refractivity contribution is 5.81. The molecule has 1 saturated carbocycles. The van der Waals surface area contributed by atoms with Crippen molar-refractivity contribution in [1.29, 1.82) is 0 Å². The smallest absolute Gasteiger partial charge is 0.225 e. The van der Waals surface area contributed by atoms with Crippen LogP contribution in [0.25, 0.3) is 0 Å². The Hall–Kier alpha value is -1.84. The number of benzene rings is 1. The van der Waals surface area contributed by atoms with Crippen LogP contribution in [0.5, 0.6) is 0 Å². The van der Waals surface area contributed by atoms with Crippen molar-refractivity contribution in [3.8, 4) is 0 Å². The lowest BCUT2D eigenvalue weighted by molar-refractivity contribution is -0.136. The maximum absolute atomic E-state index is 12.8. The number of piperidine rings is 1. The first-order valence-electron chi connectivity index (χ1n) is 9.79. The second kappa shape index (κ2) is 8.50. The second-order valence-corrected chi connectivity index (χ2v) is 7.57. The largest absolute Gasteiger partial charge is 0.352 e. The quantitative estimate of drug-likeness (QED) is 0.827. The minimum Gasteiger partial charge on any atom is -0.352 e. The molecular weight excluding hydrogens is 312 g/mol. The second-order valence-electron chi connectivity index (χ2n) is 7.57. The van der Waals surface area contributed by atoms with E-state index in [0.717, 1.165) is 32.2 Å². The molecule has 1 saturated heterocycles. The summed E-state index contributed by atoms with van der Waals surface area (Å²) in [5, 5.41) is 3.31. The van der Waals surface area contributed by atoms with Gasteiger partial charge in [-0.1, -0.05) is 37.3 Å². The summed E-state index contributed by atoms with van der Waals surface area (Å²) in [5.74, 6) is 0.905. The van der Waals surface area contributed by atoms with E-state index in [1.165, 1.54) is 18.4 Å². The summed E-state index contributed by atoms with van der Waals surface area (Å²) >= 11 is 0. The zero-order chi connectivity index (χ0) is 17.6. The van der Waals surface area contributed by atoms with E-state index < -0.39 is 0 Å². The summed E-state index contributed by atoms with van der Waals surface area (Å²) in [6.07, 6.45) is 6.61. The van der Waals surface area contributed by atoms with Crippen LogP contribution in [-0.2, 0) is 16.0 Å². The van der Waals surface area contributed by atoms with Crippen molar-refractivity contribution in [3.05, 3.63) is 35.9 Å². The highest BCUT2D eigenvalue weighted by atomic mass is 16.2. The van der Waals surface area contributed by atoms with E-state index in [4.69, 9.17) is 0 Å². The van der Waals surface area contributed by atoms with E-state index in [9.17, 15) is 9.59 Å². The molecule has 1 aliphatic carbocycles. The van der Waals surface area contributed by atoms with Gasteiger partial charge in [-0.25, -0.2) is 0 Å². The summed E-state index contributed by atoms with van der Waals surface area (Å²) in [6, 6.07) is 10.6. The van der Waals surface area contributed by atoms with Gasteiger partial charge in [-0.3, -0.25) is 9.59 Å². The van der Waals surface area contributed by atoms with Gasteiger partial charge in [0.2, 0.25) is 11.8 Å². The van der Waals surface area contributed by atoms with Gasteiger partial charge in [-0.15, -0.1) is 0 Å². The van der Waals surface area contributed by atoms with E-state index in [1.54, 1.807) is 0 Å². The third kappa shape index (κ3) is 5.07. The maximum atomic E-state index is 12.8. The predicted molar refractivity (Wildman–Crippen MR) is 99.0 cm³/mol. The number of nitrogens with zero attached hydrogens (tertiary/aromatic N) is 1. The minimum absolute atomic E-state index is 0.0495. The Morgan fingerprint density at radius 3 is 2.64 bits per heavy atom. The highest BCUT2D eigenvalue weighted by Gasteiger charge is 2.35. The third-order valence-corrected chi connectivity index (χ3v) is 5.43. The first-order chi connectivity index (χ1) is 12.2. The van der Waals surface area contributed by atoms with Crippen LogP contribution in [0.3, 0.4) is 0 Å². The molecule has 2 atom stereocenters. The van der Waals surface area contributed by atoms with E-state index in [0.29, 0.717) is 18.9 Å². The molecule has 1 aromatic carbocycles. The van der Waals surface area contributed by atoms with Crippen molar-refractivity contribution in [2.24, 2.45) is 11.8 Å². The first kappa shape index (κ1) is 18.0. The fraction of sp³-hybridized carbons (Fsp3) is 0.619. The lowest BCUT2D eigenvalue weighted by Crippen LogP contribution is -2.48. The van der Waals surface area contributed by atoms with Gasteiger partial charge in [0.15, 0.2) is 0 Å². The van der Waals surface area contributed by atoms with Crippen LogP contribution in [0.15, 0.2) is 30.3 Å². The molecule has 0 spiro atoms. The van der Waals surface area contributed by atoms with Crippen LogP contribution in [0.2, 0.25) is 0 Å². The molecule has 4 nitrogen and oxygen atoms in total. The van der Waals surface area contributed by atoms with Crippen molar-refractivity contribution in [3.63, 3.8) is 0 Å². The Labute approximate surface area is 151 Å². The van der Waals surface area contributed by atoms with Crippen molar-refractivity contribution >= 4 is 11.8 Å². The molecule has 2 aliphatic rings. The molecule has 0 bridgehead atoms. The summed E-state index contributed by atoms with van der Waals surface area (Å²) in [5.41, 5.74) is 1.28. The van der Waals surface area contributed by atoms with Crippen molar-refractivity contribution in [2.75, 3.05) is 13.1 Å². The molecule has 3 rings (SSSR count). The number of nitrogens with one attached hydrogen (secondary N) is 1. The predicted octanol–water partition coefficient (Wildman–Crippen LogP) is 3.16. The molecule has 2 amide bonds. The van der Waals surface area contributed by atoms with Gasteiger partial charge in [-0.05, 0) is 50.0 Å². The molecule has 25 heavy (non-hydrogen) atoms. The van der Waals surface area contributed by atoms with Crippen molar-refractivity contribution in [1.82, 2.24) is 10.2 Å². The van der Waals surface area contributed by atoms with Crippen molar-refractivity contribution in [2.45, 2.75) is 57.9 Å². The normalized spacial score (nSPS) is 21.6. The molecule has 1 aliphatic heterocycles. The lowest BCUT2D eigenvalue weighted by Gasteiger charge is -2.33. The van der Waals surface area contributed by atoms with Gasteiger partial charge in [0.25, 0.3) is 0 Å². The van der Waals surface area contributed by atoms with Crippen LogP contribution in [0.4, 0.5) is 0 Å². The number of likely N-dealkylation sites (tertiary alicyclic amines) is 1. The topological polar surface area (TPSA) is 49.4 Å². The fourth-order valence-electron chi connectivity index (χ4n) is 3.79. The maximum Gasteiger partial charge on any atom is 0.225 e. The number of amides is 2. The average molecular weight is 342 g/mol. The number of rotatable bonds is 7. The Bertz CT molecular complexity index is 583. The molecule has 0 radical (unpaired) electrons. The number of carbonyl (C=O) groups excluding carboxylic acids is 2. The van der Waals surface area contributed by atoms with E-state index in [-0.39, 0.29) is 23.8 Å². The summed E-state index contributed by atoms with van der Waals surface area (Å²) < 4.78 is 0. The summed E-state index contributed by atoms with van der Waals surface area (Å²) in [6.45, 7) is 3.42. The fourth-order valence-corrected chi connectivity index (χ4v) is 3.79. The van der Waals surface area contributed by atoms with Crippen LogP contribution >= 0.6 is 0 Å². The van der Waals surface area contributed by atoms with E-state index in [2.05, 4.69) is 29.6 Å². The Morgan fingerprint density at radius 2 is 1.96 bits per heavy atom. The number of carbonyl (C=O) groups is 2. The zero-order valence-electron chi connectivity index (χ0n) is 15.2. The van der Waals surface area contributed by atoms with E-state index >= 15 is 0 Å². The van der Waals surface area contributed by atoms with Crippen molar-refractivity contribution < 1.29 is 9.59 Å². The highest BCUT2D eigenvalue weighted by Crippen LogP contribution is 2.34. The standard InChI is InChI=1S/C21H30N2O2/c1-2-7-20(24)23-13-6-10-18(15-23)21(25)22-19(17-11-12-17)14-16-8-4-3-5-9-16/h3-5,8-9,17-19H,2,6-7,10-15H2,1H3,(H,22,25)/t18-,19+/m0/s1. The minimum atomic E-state index is -0.0495. The molecule has 2 fully saturated rings. The van der Waals surface area contributed by atoms with Crippen LogP contribution in [0, 0.1) is 11.8 Å². The third-order valence-electron chi connectivity index (χ3n) is 5.43. The van der Waals surface area contributed by atoms with Crippen LogP contribution in [-0.4, -0.2) is 35.8 Å². The molecule has 4 heteroatoms. The zero-order valence-corrected chi connectivity index (χ0v) is 15.2. The van der Waals surface area contributed by atoms with Gasteiger partial charge in [-0.2, -0.15) is 0 Å². The SMILES string of the molecule is CCCC(=O)N1CCC[C@H](C(=O)N[C@H](Cc2ccccc2)C2CC2)C1. The molecule has 0 aromatic heterocycles. The van der Waals surface area contributed by atoms with E-state index in [1.807, 2.05) is 17.9 Å². The number of hydrogen-bond acceptors (Lipinski definition) is 2. The molecule has 0 unspecified atom stereocenters. The van der Waals surface area contributed by atoms with Gasteiger partial charge in [0.1, 0.15) is 0 Å². The number of hydrogen-bond donors (Lipinski definition) is 1. The monoisotopic (exact) mass is 342 g/mol.